The van der Waals surface area contributed by atoms with Crippen LogP contribution in [0.4, 0.5) is 11.8 Å². The first-order valence-electron chi connectivity index (χ1n) is 7.65. The van der Waals surface area contributed by atoms with E-state index in [9.17, 15) is 5.11 Å². The van der Waals surface area contributed by atoms with Gasteiger partial charge in [-0.15, -0.1) is 0 Å². The van der Waals surface area contributed by atoms with Gasteiger partial charge in [0, 0.05) is 6.04 Å². The Morgan fingerprint density at radius 1 is 1.50 bits per heavy atom. The predicted molar refractivity (Wildman–Crippen MR) is 83.3 cm³/mol. The molecule has 4 N–H and O–H groups in total. The number of imidazole rings is 1. The third-order valence-corrected chi connectivity index (χ3v) is 3.66. The van der Waals surface area contributed by atoms with E-state index < -0.39 is 0 Å². The molecule has 0 aromatic carbocycles. The lowest BCUT2D eigenvalue weighted by atomic mass is 10.3. The molecule has 1 aliphatic carbocycles. The minimum atomic E-state index is -0.259. The Hall–Kier alpha value is -1.93. The fourth-order valence-electron chi connectivity index (χ4n) is 2.34. The van der Waals surface area contributed by atoms with E-state index in [1.165, 1.54) is 0 Å². The van der Waals surface area contributed by atoms with E-state index in [1.54, 1.807) is 6.33 Å². The van der Waals surface area contributed by atoms with Crippen LogP contribution in [0.1, 0.15) is 39.3 Å². The lowest BCUT2D eigenvalue weighted by Crippen LogP contribution is -2.21. The Balaban J connectivity index is 1.97. The molecule has 8 nitrogen and oxygen atoms in total. The van der Waals surface area contributed by atoms with Crippen LogP contribution in [-0.4, -0.2) is 43.4 Å². The third-order valence-electron chi connectivity index (χ3n) is 3.66. The molecule has 0 aliphatic heterocycles. The number of nitrogens with two attached hydrogens (primary N) is 1. The molecule has 0 bridgehead atoms. The predicted octanol–water partition coefficient (Wildman–Crippen LogP) is 1.29. The van der Waals surface area contributed by atoms with Gasteiger partial charge in [0.15, 0.2) is 17.0 Å². The fraction of sp³-hybridized carbons (Fsp3) is 0.643. The topological polar surface area (TPSA) is 111 Å². The molecule has 1 aliphatic rings. The summed E-state index contributed by atoms with van der Waals surface area (Å²) in [7, 11) is 0. The Kier molecular flexibility index (Phi) is 4.12. The van der Waals surface area contributed by atoms with Gasteiger partial charge in [0.25, 0.3) is 0 Å². The maximum Gasteiger partial charge on any atom is 0.224 e. The second-order valence-corrected chi connectivity index (χ2v) is 5.67. The number of nitrogens with one attached hydrogen (secondary N) is 1. The third kappa shape index (κ3) is 2.97. The number of ether oxygens (including phenoxy) is 1. The molecule has 0 spiro atoms. The molecule has 0 saturated heterocycles. The monoisotopic (exact) mass is 306 g/mol. The van der Waals surface area contributed by atoms with Gasteiger partial charge in [-0.25, -0.2) is 4.98 Å². The molecule has 2 aromatic heterocycles. The average Bonchev–Trinajstić information content (AvgIpc) is 3.22. The molecule has 0 amide bonds. The highest BCUT2D eigenvalue weighted by Gasteiger charge is 2.25. The number of fused-ring (bicyclic) bond motifs is 1. The molecule has 0 unspecified atom stereocenters. The Bertz CT molecular complexity index is 654. The summed E-state index contributed by atoms with van der Waals surface area (Å²) in [5, 5.41) is 12.5. The summed E-state index contributed by atoms with van der Waals surface area (Å²) in [5.41, 5.74) is 7.17. The van der Waals surface area contributed by atoms with Crippen molar-refractivity contribution in [2.24, 2.45) is 0 Å². The minimum absolute atomic E-state index is 0.0330. The molecule has 0 radical (unpaired) electrons. The highest BCUT2D eigenvalue weighted by Crippen LogP contribution is 2.29. The summed E-state index contributed by atoms with van der Waals surface area (Å²) in [6, 6.07) is 0.454. The van der Waals surface area contributed by atoms with Crippen molar-refractivity contribution in [1.82, 2.24) is 19.5 Å². The summed E-state index contributed by atoms with van der Waals surface area (Å²) in [5.74, 6) is 0.885. The average molecular weight is 306 g/mol. The molecule has 22 heavy (non-hydrogen) atoms. The summed E-state index contributed by atoms with van der Waals surface area (Å²) < 4.78 is 7.67. The number of nitrogen functional groups attached to an aromatic ring is 1. The first-order valence-corrected chi connectivity index (χ1v) is 7.65. The normalized spacial score (nSPS) is 17.6. The Labute approximate surface area is 128 Å². The van der Waals surface area contributed by atoms with Crippen LogP contribution in [0.2, 0.25) is 0 Å². The molecule has 120 valence electrons. The van der Waals surface area contributed by atoms with E-state index in [4.69, 9.17) is 10.5 Å². The maximum absolute atomic E-state index is 9.18. The van der Waals surface area contributed by atoms with Gasteiger partial charge in [-0.05, 0) is 26.2 Å². The summed E-state index contributed by atoms with van der Waals surface area (Å²) >= 11 is 0. The number of anilines is 2. The number of hydrogen-bond acceptors (Lipinski definition) is 7. The minimum Gasteiger partial charge on any atom is -0.394 e. The zero-order valence-corrected chi connectivity index (χ0v) is 12.9. The molecular formula is C14H22N6O2. The molecule has 1 saturated carbocycles. The Morgan fingerprint density at radius 2 is 2.27 bits per heavy atom. The SMILES string of the molecule is CC[C@@H](O[C@@H](C)CO)n1cnc2c(NC3CC3)nc(N)nc21. The second kappa shape index (κ2) is 6.05. The highest BCUT2D eigenvalue weighted by atomic mass is 16.5. The molecule has 1 fully saturated rings. The van der Waals surface area contributed by atoms with Gasteiger partial charge in [-0.1, -0.05) is 6.92 Å². The van der Waals surface area contributed by atoms with Crippen LogP contribution >= 0.6 is 0 Å². The summed E-state index contributed by atoms with van der Waals surface area (Å²) in [6.07, 6.45) is 4.18. The van der Waals surface area contributed by atoms with Crippen LogP contribution in [-0.2, 0) is 4.74 Å². The summed E-state index contributed by atoms with van der Waals surface area (Å²) in [6.45, 7) is 3.80. The van der Waals surface area contributed by atoms with Gasteiger partial charge in [-0.3, -0.25) is 4.57 Å². The molecule has 8 heteroatoms. The van der Waals surface area contributed by atoms with Crippen molar-refractivity contribution in [3.05, 3.63) is 6.33 Å². The number of aliphatic hydroxyl groups is 1. The van der Waals surface area contributed by atoms with Crippen LogP contribution in [0.15, 0.2) is 6.33 Å². The van der Waals surface area contributed by atoms with E-state index in [0.717, 1.165) is 19.3 Å². The zero-order chi connectivity index (χ0) is 15.7. The van der Waals surface area contributed by atoms with Gasteiger partial charge in [0.2, 0.25) is 5.95 Å². The van der Waals surface area contributed by atoms with Gasteiger partial charge < -0.3 is 20.9 Å². The number of aromatic nitrogens is 4. The van der Waals surface area contributed by atoms with E-state index >= 15 is 0 Å². The van der Waals surface area contributed by atoms with E-state index in [0.29, 0.717) is 23.0 Å². The van der Waals surface area contributed by atoms with Crippen LogP contribution in [0.3, 0.4) is 0 Å². The smallest absolute Gasteiger partial charge is 0.224 e. The van der Waals surface area contributed by atoms with E-state index in [1.807, 2.05) is 18.4 Å². The lowest BCUT2D eigenvalue weighted by Gasteiger charge is -2.21. The fourth-order valence-corrected chi connectivity index (χ4v) is 2.34. The largest absolute Gasteiger partial charge is 0.394 e. The van der Waals surface area contributed by atoms with Crippen LogP contribution in [0.5, 0.6) is 0 Å². The van der Waals surface area contributed by atoms with E-state index in [2.05, 4.69) is 20.3 Å². The van der Waals surface area contributed by atoms with Gasteiger partial charge in [0.05, 0.1) is 19.0 Å². The van der Waals surface area contributed by atoms with Gasteiger partial charge >= 0.3 is 0 Å². The van der Waals surface area contributed by atoms with Crippen LogP contribution < -0.4 is 11.1 Å². The first-order chi connectivity index (χ1) is 10.6. The second-order valence-electron chi connectivity index (χ2n) is 5.67. The van der Waals surface area contributed by atoms with Gasteiger partial charge in [-0.2, -0.15) is 9.97 Å². The van der Waals surface area contributed by atoms with Crippen LogP contribution in [0.25, 0.3) is 11.2 Å². The van der Waals surface area contributed by atoms with Crippen molar-refractivity contribution in [2.75, 3.05) is 17.7 Å². The van der Waals surface area contributed by atoms with Crippen molar-refractivity contribution in [2.45, 2.75) is 51.5 Å². The van der Waals surface area contributed by atoms with Crippen molar-refractivity contribution < 1.29 is 9.84 Å². The highest BCUT2D eigenvalue weighted by molar-refractivity contribution is 5.84. The van der Waals surface area contributed by atoms with Crippen molar-refractivity contribution >= 4 is 22.9 Å². The van der Waals surface area contributed by atoms with Crippen molar-refractivity contribution in [1.29, 1.82) is 0 Å². The molecule has 2 heterocycles. The van der Waals surface area contributed by atoms with Crippen LogP contribution in [0, 0.1) is 0 Å². The molecule has 2 atom stereocenters. The standard InChI is InChI=1S/C14H22N6O2/c1-3-10(22-8(2)6-21)20-7-16-11-12(17-9-4-5-9)18-14(15)19-13(11)20/h7-10,21H,3-6H2,1-2H3,(H3,15,17,18,19)/t8-,10+/m0/s1. The maximum atomic E-state index is 9.18. The molecule has 2 aromatic rings. The zero-order valence-electron chi connectivity index (χ0n) is 12.9. The number of hydrogen-bond donors (Lipinski definition) is 3. The quantitative estimate of drug-likeness (QED) is 0.706. The number of aliphatic hydroxyl groups excluding tert-OH is 1. The van der Waals surface area contributed by atoms with Crippen molar-refractivity contribution in [3.63, 3.8) is 0 Å². The number of rotatable bonds is 7. The van der Waals surface area contributed by atoms with E-state index in [-0.39, 0.29) is 24.9 Å². The first kappa shape index (κ1) is 15.0. The Morgan fingerprint density at radius 3 is 2.91 bits per heavy atom. The van der Waals surface area contributed by atoms with Crippen molar-refractivity contribution in [3.8, 4) is 0 Å². The lowest BCUT2D eigenvalue weighted by molar-refractivity contribution is -0.0658. The summed E-state index contributed by atoms with van der Waals surface area (Å²) in [4.78, 5) is 13.0. The molecular weight excluding hydrogens is 284 g/mol. The number of nitrogens with zero attached hydrogens (tertiary/aromatic N) is 4. The van der Waals surface area contributed by atoms with Gasteiger partial charge in [0.1, 0.15) is 6.23 Å². The molecule has 3 rings (SSSR count).